The normalized spacial score (nSPS) is 15.9. The summed E-state index contributed by atoms with van der Waals surface area (Å²) in [6.07, 6.45) is 0.596. The number of hydrogen-bond acceptors (Lipinski definition) is 4. The van der Waals surface area contributed by atoms with E-state index in [1.807, 2.05) is 0 Å². The van der Waals surface area contributed by atoms with Gasteiger partial charge in [-0.15, -0.1) is 0 Å². The van der Waals surface area contributed by atoms with E-state index in [1.165, 1.54) is 7.05 Å². The molecule has 0 fully saturated rings. The summed E-state index contributed by atoms with van der Waals surface area (Å²) in [6.45, 7) is 0.372. The van der Waals surface area contributed by atoms with Crippen LogP contribution in [0.2, 0.25) is 0 Å². The van der Waals surface area contributed by atoms with Crippen LogP contribution in [-0.2, 0) is 4.79 Å². The zero-order valence-corrected chi connectivity index (χ0v) is 6.50. The number of carboxylic acid groups (broad SMARTS) is 1. The average Bonchev–Trinajstić information content (AvgIpc) is 2.00. The molecule has 0 aliphatic heterocycles. The minimum Gasteiger partial charge on any atom is -0.478 e. The van der Waals surface area contributed by atoms with Gasteiger partial charge < -0.3 is 15.9 Å². The second kappa shape index (κ2) is 4.27. The van der Waals surface area contributed by atoms with Crippen LogP contribution in [0.25, 0.3) is 0 Å². The molecule has 0 heterocycles. The largest absolute Gasteiger partial charge is 0.478 e. The van der Waals surface area contributed by atoms with Crippen LogP contribution in [0.4, 0.5) is 0 Å². The van der Waals surface area contributed by atoms with Crippen molar-refractivity contribution >= 4 is 5.97 Å². The van der Waals surface area contributed by atoms with E-state index in [4.69, 9.17) is 10.8 Å². The van der Waals surface area contributed by atoms with Gasteiger partial charge in [-0.25, -0.2) is 4.79 Å². The Bertz CT molecular complexity index is 140. The van der Waals surface area contributed by atoms with Crippen molar-refractivity contribution in [3.05, 3.63) is 0 Å². The summed E-state index contributed by atoms with van der Waals surface area (Å²) >= 11 is 0. The predicted octanol–water partition coefficient (Wildman–Crippen LogP) is -1.28. The lowest BCUT2D eigenvalue weighted by Gasteiger charge is -2.21. The number of aliphatic carboxylic acids is 1. The van der Waals surface area contributed by atoms with Gasteiger partial charge in [-0.3, -0.25) is 5.32 Å². The first-order chi connectivity index (χ1) is 5.06. The quantitative estimate of drug-likeness (QED) is 0.377. The molecule has 0 saturated heterocycles. The fourth-order valence-corrected chi connectivity index (χ4v) is 0.697. The third-order valence-corrected chi connectivity index (χ3v) is 1.51. The Labute approximate surface area is 65.2 Å². The molecule has 0 radical (unpaired) electrons. The first kappa shape index (κ1) is 10.3. The molecule has 0 saturated carbocycles. The van der Waals surface area contributed by atoms with Gasteiger partial charge in [0.25, 0.3) is 0 Å². The van der Waals surface area contributed by atoms with E-state index in [9.17, 15) is 9.90 Å². The highest BCUT2D eigenvalue weighted by molar-refractivity contribution is 5.76. The maximum absolute atomic E-state index is 10.4. The van der Waals surface area contributed by atoms with E-state index in [1.54, 1.807) is 0 Å². The standard InChI is InChI=1S/C6H14N2O3/c1-8-6(11,5(9)10)3-2-4-7/h8,11H,2-4,7H2,1H3,(H,9,10). The third kappa shape index (κ3) is 2.83. The maximum Gasteiger partial charge on any atom is 0.351 e. The first-order valence-electron chi connectivity index (χ1n) is 3.41. The van der Waals surface area contributed by atoms with Gasteiger partial charge in [0, 0.05) is 6.42 Å². The lowest BCUT2D eigenvalue weighted by atomic mass is 10.1. The molecule has 0 aliphatic carbocycles. The number of nitrogens with one attached hydrogen (secondary N) is 1. The van der Waals surface area contributed by atoms with Gasteiger partial charge in [0.15, 0.2) is 0 Å². The summed E-state index contributed by atoms with van der Waals surface area (Å²) in [5.74, 6) is -1.27. The maximum atomic E-state index is 10.4. The number of likely N-dealkylation sites (N-methyl/N-ethyl adjacent to an activating group) is 1. The number of hydrogen-bond donors (Lipinski definition) is 4. The molecule has 0 spiro atoms. The lowest BCUT2D eigenvalue weighted by molar-refractivity contribution is -0.162. The lowest BCUT2D eigenvalue weighted by Crippen LogP contribution is -2.50. The zero-order chi connectivity index (χ0) is 8.91. The fourth-order valence-electron chi connectivity index (χ4n) is 0.697. The van der Waals surface area contributed by atoms with Crippen LogP contribution in [0.5, 0.6) is 0 Å². The summed E-state index contributed by atoms with van der Waals surface area (Å²) in [5.41, 5.74) is 3.34. The Balaban J connectivity index is 3.99. The second-order valence-electron chi connectivity index (χ2n) is 2.31. The van der Waals surface area contributed by atoms with Crippen molar-refractivity contribution < 1.29 is 15.0 Å². The first-order valence-corrected chi connectivity index (χ1v) is 3.41. The summed E-state index contributed by atoms with van der Waals surface area (Å²) in [5, 5.41) is 20.1. The van der Waals surface area contributed by atoms with E-state index in [0.29, 0.717) is 13.0 Å². The monoisotopic (exact) mass is 162 g/mol. The van der Waals surface area contributed by atoms with Gasteiger partial charge in [0.2, 0.25) is 5.72 Å². The Morgan fingerprint density at radius 1 is 1.73 bits per heavy atom. The molecule has 1 unspecified atom stereocenters. The molecule has 5 heteroatoms. The van der Waals surface area contributed by atoms with Crippen molar-refractivity contribution in [3.8, 4) is 0 Å². The van der Waals surface area contributed by atoms with Crippen LogP contribution in [0, 0.1) is 0 Å². The summed E-state index contributed by atoms with van der Waals surface area (Å²) in [7, 11) is 1.39. The van der Waals surface area contributed by atoms with Crippen LogP contribution in [0.15, 0.2) is 0 Å². The highest BCUT2D eigenvalue weighted by Crippen LogP contribution is 2.07. The molecule has 5 N–H and O–H groups in total. The van der Waals surface area contributed by atoms with Gasteiger partial charge >= 0.3 is 5.97 Å². The van der Waals surface area contributed by atoms with Crippen molar-refractivity contribution in [1.82, 2.24) is 5.32 Å². The van der Waals surface area contributed by atoms with Crippen LogP contribution in [-0.4, -0.2) is 35.5 Å². The van der Waals surface area contributed by atoms with Gasteiger partial charge in [0.1, 0.15) is 0 Å². The van der Waals surface area contributed by atoms with Crippen LogP contribution in [0.3, 0.4) is 0 Å². The molecule has 66 valence electrons. The van der Waals surface area contributed by atoms with Crippen molar-refractivity contribution in [3.63, 3.8) is 0 Å². The SMILES string of the molecule is CNC(O)(CCCN)C(=O)O. The summed E-state index contributed by atoms with van der Waals surface area (Å²) < 4.78 is 0. The number of rotatable bonds is 5. The predicted molar refractivity (Wildman–Crippen MR) is 39.9 cm³/mol. The van der Waals surface area contributed by atoms with Crippen molar-refractivity contribution in [2.75, 3.05) is 13.6 Å². The Hall–Kier alpha value is -0.650. The van der Waals surface area contributed by atoms with Crippen molar-refractivity contribution in [2.24, 2.45) is 5.73 Å². The average molecular weight is 162 g/mol. The molecule has 0 aromatic heterocycles. The number of carboxylic acids is 1. The molecule has 1 atom stereocenters. The molecule has 0 aromatic rings. The zero-order valence-electron chi connectivity index (χ0n) is 6.50. The second-order valence-corrected chi connectivity index (χ2v) is 2.31. The van der Waals surface area contributed by atoms with E-state index < -0.39 is 11.7 Å². The van der Waals surface area contributed by atoms with Gasteiger partial charge in [-0.05, 0) is 20.0 Å². The number of aliphatic hydroxyl groups is 1. The van der Waals surface area contributed by atoms with Crippen LogP contribution in [0.1, 0.15) is 12.8 Å². The van der Waals surface area contributed by atoms with E-state index in [0.717, 1.165) is 0 Å². The van der Waals surface area contributed by atoms with Crippen LogP contribution >= 0.6 is 0 Å². The molecule has 0 amide bonds. The fraction of sp³-hybridized carbons (Fsp3) is 0.833. The smallest absolute Gasteiger partial charge is 0.351 e. The molecule has 0 aromatic carbocycles. The molecule has 0 aliphatic rings. The third-order valence-electron chi connectivity index (χ3n) is 1.51. The Kier molecular flexibility index (Phi) is 4.02. The summed E-state index contributed by atoms with van der Waals surface area (Å²) in [4.78, 5) is 10.4. The van der Waals surface area contributed by atoms with Gasteiger partial charge in [0.05, 0.1) is 0 Å². The van der Waals surface area contributed by atoms with Crippen LogP contribution < -0.4 is 11.1 Å². The van der Waals surface area contributed by atoms with Gasteiger partial charge in [-0.1, -0.05) is 0 Å². The Morgan fingerprint density at radius 2 is 2.27 bits per heavy atom. The molecule has 0 bridgehead atoms. The molecular formula is C6H14N2O3. The molecule has 11 heavy (non-hydrogen) atoms. The number of carbonyl (C=O) groups is 1. The number of nitrogens with two attached hydrogens (primary N) is 1. The van der Waals surface area contributed by atoms with Crippen molar-refractivity contribution in [2.45, 2.75) is 18.6 Å². The highest BCUT2D eigenvalue weighted by Gasteiger charge is 2.32. The van der Waals surface area contributed by atoms with Crippen molar-refractivity contribution in [1.29, 1.82) is 0 Å². The van der Waals surface area contributed by atoms with E-state index in [2.05, 4.69) is 5.32 Å². The van der Waals surface area contributed by atoms with E-state index >= 15 is 0 Å². The molecule has 0 rings (SSSR count). The van der Waals surface area contributed by atoms with E-state index in [-0.39, 0.29) is 6.42 Å². The highest BCUT2D eigenvalue weighted by atomic mass is 16.4. The minimum absolute atomic E-state index is 0.120. The minimum atomic E-state index is -1.82. The van der Waals surface area contributed by atoms with Gasteiger partial charge in [-0.2, -0.15) is 0 Å². The molecular weight excluding hydrogens is 148 g/mol. The topological polar surface area (TPSA) is 95.6 Å². The summed E-state index contributed by atoms with van der Waals surface area (Å²) in [6, 6.07) is 0. The Morgan fingerprint density at radius 3 is 2.55 bits per heavy atom. The molecule has 5 nitrogen and oxygen atoms in total.